The van der Waals surface area contributed by atoms with Crippen LogP contribution in [0.25, 0.3) is 5.65 Å². The summed E-state index contributed by atoms with van der Waals surface area (Å²) in [5, 5.41) is 2.62. The second kappa shape index (κ2) is 5.16. The zero-order valence-electron chi connectivity index (χ0n) is 11.3. The van der Waals surface area contributed by atoms with Gasteiger partial charge in [-0.2, -0.15) is 0 Å². The molecule has 0 aromatic carbocycles. The Morgan fingerprint density at radius 3 is 2.90 bits per heavy atom. The van der Waals surface area contributed by atoms with Gasteiger partial charge in [0.25, 0.3) is 11.5 Å². The zero-order chi connectivity index (χ0) is 14.8. The van der Waals surface area contributed by atoms with Gasteiger partial charge in [-0.05, 0) is 36.8 Å². The van der Waals surface area contributed by atoms with Gasteiger partial charge in [-0.3, -0.25) is 19.0 Å². The van der Waals surface area contributed by atoms with Crippen LogP contribution in [0.2, 0.25) is 0 Å². The molecule has 0 atom stereocenters. The molecule has 6 heteroatoms. The Balaban J connectivity index is 2.01. The van der Waals surface area contributed by atoms with Gasteiger partial charge in [0, 0.05) is 18.6 Å². The molecular formula is C15H12N4O2. The van der Waals surface area contributed by atoms with E-state index in [-0.39, 0.29) is 5.56 Å². The Bertz CT molecular complexity index is 872. The van der Waals surface area contributed by atoms with E-state index in [0.29, 0.717) is 11.3 Å². The first-order chi connectivity index (χ1) is 10.1. The largest absolute Gasteiger partial charge is 0.320 e. The minimum atomic E-state index is -0.504. The molecule has 1 amide bonds. The van der Waals surface area contributed by atoms with Crippen molar-refractivity contribution in [2.75, 3.05) is 5.32 Å². The minimum absolute atomic E-state index is 0.0137. The van der Waals surface area contributed by atoms with Crippen molar-refractivity contribution in [2.45, 2.75) is 6.92 Å². The molecule has 0 bridgehead atoms. The molecule has 21 heavy (non-hydrogen) atoms. The van der Waals surface area contributed by atoms with E-state index in [1.165, 1.54) is 16.8 Å². The third-order valence-electron chi connectivity index (χ3n) is 3.03. The summed E-state index contributed by atoms with van der Waals surface area (Å²) in [5.74, 6) is -0.504. The van der Waals surface area contributed by atoms with Gasteiger partial charge in [0.15, 0.2) is 0 Å². The number of pyridine rings is 2. The highest BCUT2D eigenvalue weighted by Crippen LogP contribution is 2.06. The fourth-order valence-corrected chi connectivity index (χ4v) is 1.97. The lowest BCUT2D eigenvalue weighted by Gasteiger charge is -2.06. The molecule has 3 aromatic heterocycles. The Kier molecular flexibility index (Phi) is 3.19. The first-order valence-electron chi connectivity index (χ1n) is 6.34. The molecule has 0 fully saturated rings. The van der Waals surface area contributed by atoms with E-state index in [2.05, 4.69) is 15.3 Å². The van der Waals surface area contributed by atoms with Crippen molar-refractivity contribution in [1.82, 2.24) is 14.4 Å². The topological polar surface area (TPSA) is 76.4 Å². The van der Waals surface area contributed by atoms with Crippen LogP contribution in [0.15, 0.2) is 53.8 Å². The van der Waals surface area contributed by atoms with Crippen molar-refractivity contribution in [3.8, 4) is 0 Å². The second-order valence-corrected chi connectivity index (χ2v) is 4.61. The van der Waals surface area contributed by atoms with E-state index >= 15 is 0 Å². The van der Waals surface area contributed by atoms with Crippen LogP contribution in [0.4, 0.5) is 5.69 Å². The van der Waals surface area contributed by atoms with Gasteiger partial charge in [0.1, 0.15) is 11.2 Å². The number of fused-ring (bicyclic) bond motifs is 1. The molecule has 0 saturated heterocycles. The highest BCUT2D eigenvalue weighted by atomic mass is 16.2. The van der Waals surface area contributed by atoms with Gasteiger partial charge in [-0.1, -0.05) is 0 Å². The first-order valence-corrected chi connectivity index (χ1v) is 6.34. The van der Waals surface area contributed by atoms with E-state index < -0.39 is 11.5 Å². The molecule has 0 aliphatic rings. The van der Waals surface area contributed by atoms with Crippen molar-refractivity contribution in [2.24, 2.45) is 0 Å². The van der Waals surface area contributed by atoms with Crippen LogP contribution in [0, 0.1) is 6.92 Å². The minimum Gasteiger partial charge on any atom is -0.320 e. The average molecular weight is 280 g/mol. The maximum Gasteiger partial charge on any atom is 0.270 e. The summed E-state index contributed by atoms with van der Waals surface area (Å²) in [6.07, 6.45) is 6.02. The summed E-state index contributed by atoms with van der Waals surface area (Å²) >= 11 is 0. The number of anilines is 1. The predicted molar refractivity (Wildman–Crippen MR) is 78.4 cm³/mol. The highest BCUT2D eigenvalue weighted by molar-refractivity contribution is 6.03. The Morgan fingerprint density at radius 2 is 2.14 bits per heavy atom. The third kappa shape index (κ3) is 2.51. The van der Waals surface area contributed by atoms with E-state index in [4.69, 9.17) is 0 Å². The maximum atomic E-state index is 12.3. The number of nitrogens with zero attached hydrogens (tertiary/aromatic N) is 3. The molecule has 0 aliphatic carbocycles. The number of nitrogens with one attached hydrogen (secondary N) is 1. The van der Waals surface area contributed by atoms with Gasteiger partial charge < -0.3 is 5.32 Å². The lowest BCUT2D eigenvalue weighted by molar-refractivity contribution is 0.102. The fourth-order valence-electron chi connectivity index (χ4n) is 1.97. The third-order valence-corrected chi connectivity index (χ3v) is 3.03. The van der Waals surface area contributed by atoms with Gasteiger partial charge >= 0.3 is 0 Å². The van der Waals surface area contributed by atoms with Crippen LogP contribution in [0.3, 0.4) is 0 Å². The normalized spacial score (nSPS) is 10.5. The van der Waals surface area contributed by atoms with Crippen molar-refractivity contribution in [1.29, 1.82) is 0 Å². The molecule has 0 spiro atoms. The molecule has 3 aromatic rings. The average Bonchev–Trinajstić information content (AvgIpc) is 2.48. The number of hydrogen-bond acceptors (Lipinski definition) is 4. The zero-order valence-corrected chi connectivity index (χ0v) is 11.3. The predicted octanol–water partition coefficient (Wildman–Crippen LogP) is 1.65. The summed E-state index contributed by atoms with van der Waals surface area (Å²) < 4.78 is 1.35. The molecule has 3 heterocycles. The standard InChI is InChI=1S/C15H12N4O2/c1-10-4-6-19-13(7-10)17-9-12(15(19)21)14(20)18-11-3-2-5-16-8-11/h2-9H,1H3,(H,18,20). The summed E-state index contributed by atoms with van der Waals surface area (Å²) in [7, 11) is 0. The number of hydrogen-bond donors (Lipinski definition) is 1. The summed E-state index contributed by atoms with van der Waals surface area (Å²) in [5.41, 5.74) is 1.62. The van der Waals surface area contributed by atoms with E-state index in [1.54, 1.807) is 36.7 Å². The molecular weight excluding hydrogens is 268 g/mol. The van der Waals surface area contributed by atoms with Crippen LogP contribution < -0.4 is 10.9 Å². The van der Waals surface area contributed by atoms with Gasteiger partial charge in [0.2, 0.25) is 0 Å². The quantitative estimate of drug-likeness (QED) is 0.774. The van der Waals surface area contributed by atoms with E-state index in [9.17, 15) is 9.59 Å². The monoisotopic (exact) mass is 280 g/mol. The number of aryl methyl sites for hydroxylation is 1. The van der Waals surface area contributed by atoms with Gasteiger partial charge in [-0.25, -0.2) is 4.98 Å². The number of aromatic nitrogens is 3. The summed E-state index contributed by atoms with van der Waals surface area (Å²) in [6.45, 7) is 1.91. The second-order valence-electron chi connectivity index (χ2n) is 4.61. The lowest BCUT2D eigenvalue weighted by atomic mass is 10.2. The highest BCUT2D eigenvalue weighted by Gasteiger charge is 2.13. The Hall–Kier alpha value is -3.02. The fraction of sp³-hybridized carbons (Fsp3) is 0.0667. The molecule has 0 unspecified atom stereocenters. The smallest absolute Gasteiger partial charge is 0.270 e. The molecule has 0 aliphatic heterocycles. The molecule has 0 saturated carbocycles. The SMILES string of the molecule is Cc1ccn2c(=O)c(C(=O)Nc3cccnc3)cnc2c1. The summed E-state index contributed by atoms with van der Waals surface area (Å²) in [6, 6.07) is 6.97. The van der Waals surface area contributed by atoms with Crippen molar-refractivity contribution in [3.63, 3.8) is 0 Å². The Labute approximate surface area is 120 Å². The first kappa shape index (κ1) is 13.0. The van der Waals surface area contributed by atoms with E-state index in [0.717, 1.165) is 5.56 Å². The summed E-state index contributed by atoms with van der Waals surface area (Å²) in [4.78, 5) is 32.5. The van der Waals surface area contributed by atoms with Gasteiger partial charge in [-0.15, -0.1) is 0 Å². The number of amides is 1. The van der Waals surface area contributed by atoms with Crippen LogP contribution in [0.1, 0.15) is 15.9 Å². The Morgan fingerprint density at radius 1 is 1.29 bits per heavy atom. The van der Waals surface area contributed by atoms with E-state index in [1.807, 2.05) is 6.92 Å². The maximum absolute atomic E-state index is 12.3. The molecule has 104 valence electrons. The number of carbonyl (C=O) groups excluding carboxylic acids is 1. The molecule has 0 radical (unpaired) electrons. The molecule has 1 N–H and O–H groups in total. The van der Waals surface area contributed by atoms with Crippen molar-refractivity contribution >= 4 is 17.2 Å². The van der Waals surface area contributed by atoms with Crippen molar-refractivity contribution in [3.05, 3.63) is 70.5 Å². The number of rotatable bonds is 2. The van der Waals surface area contributed by atoms with Crippen LogP contribution in [-0.4, -0.2) is 20.3 Å². The molecule has 3 rings (SSSR count). The molecule has 6 nitrogen and oxygen atoms in total. The van der Waals surface area contributed by atoms with Crippen LogP contribution >= 0.6 is 0 Å². The van der Waals surface area contributed by atoms with Crippen LogP contribution in [0.5, 0.6) is 0 Å². The van der Waals surface area contributed by atoms with Gasteiger partial charge in [0.05, 0.1) is 11.9 Å². The van der Waals surface area contributed by atoms with Crippen LogP contribution in [-0.2, 0) is 0 Å². The number of carbonyl (C=O) groups is 1. The lowest BCUT2D eigenvalue weighted by Crippen LogP contribution is -2.26. The van der Waals surface area contributed by atoms with Crippen molar-refractivity contribution < 1.29 is 4.79 Å².